The lowest BCUT2D eigenvalue weighted by atomic mass is 10.1. The molecule has 1 aromatic carbocycles. The van der Waals surface area contributed by atoms with Crippen molar-refractivity contribution >= 4 is 28.1 Å². The van der Waals surface area contributed by atoms with Crippen LogP contribution in [0.4, 0.5) is 15.9 Å². The summed E-state index contributed by atoms with van der Waals surface area (Å²) in [5.74, 6) is -0.0516. The van der Waals surface area contributed by atoms with E-state index in [2.05, 4.69) is 25.6 Å². The van der Waals surface area contributed by atoms with Gasteiger partial charge >= 0.3 is 0 Å². The summed E-state index contributed by atoms with van der Waals surface area (Å²) in [4.78, 5) is 13.5. The molecule has 3 N–H and O–H groups in total. The second-order valence-corrected chi connectivity index (χ2v) is 5.90. The first-order chi connectivity index (χ1) is 13.6. The first-order valence-electron chi connectivity index (χ1n) is 8.55. The van der Waals surface area contributed by atoms with Gasteiger partial charge < -0.3 is 15.3 Å². The second kappa shape index (κ2) is 8.96. The van der Waals surface area contributed by atoms with Gasteiger partial charge in [-0.15, -0.1) is 0 Å². The van der Waals surface area contributed by atoms with Gasteiger partial charge in [0.15, 0.2) is 5.82 Å². The maximum absolute atomic E-state index is 14.4. The number of pyridine rings is 2. The highest BCUT2D eigenvalue weighted by atomic mass is 19.1. The summed E-state index contributed by atoms with van der Waals surface area (Å²) >= 11 is 0. The molecule has 2 aromatic heterocycles. The number of benzene rings is 1. The average molecular weight is 382 g/mol. The van der Waals surface area contributed by atoms with Crippen LogP contribution in [0.25, 0.3) is 10.9 Å². The zero-order valence-corrected chi connectivity index (χ0v) is 15.2. The molecule has 28 heavy (non-hydrogen) atoms. The molecule has 0 bridgehead atoms. The van der Waals surface area contributed by atoms with Crippen LogP contribution in [0.3, 0.4) is 0 Å². The highest BCUT2D eigenvalue weighted by molar-refractivity contribution is 5.97. The number of rotatable bonds is 8. The van der Waals surface area contributed by atoms with E-state index in [4.69, 9.17) is 15.5 Å². The van der Waals surface area contributed by atoms with Gasteiger partial charge in [0.25, 0.3) is 0 Å². The number of nitrogens with one attached hydrogen (secondary N) is 2. The summed E-state index contributed by atoms with van der Waals surface area (Å²) in [6.45, 7) is 1.81. The van der Waals surface area contributed by atoms with Crippen molar-refractivity contribution in [2.45, 2.75) is 13.5 Å². The Hall–Kier alpha value is -3.46. The number of hydrogen-bond donors (Lipinski definition) is 3. The number of nitrogens with zero attached hydrogens (tertiary/aromatic N) is 4. The zero-order chi connectivity index (χ0) is 19.9. The van der Waals surface area contributed by atoms with E-state index >= 15 is 0 Å². The van der Waals surface area contributed by atoms with Crippen molar-refractivity contribution in [1.29, 1.82) is 5.53 Å². The van der Waals surface area contributed by atoms with Crippen molar-refractivity contribution in [2.24, 2.45) is 10.3 Å². The van der Waals surface area contributed by atoms with Crippen LogP contribution in [0.2, 0.25) is 0 Å². The predicted molar refractivity (Wildman–Crippen MR) is 103 cm³/mol. The molecule has 3 aromatic rings. The van der Waals surface area contributed by atoms with Gasteiger partial charge in [-0.2, -0.15) is 5.11 Å². The van der Waals surface area contributed by atoms with Crippen LogP contribution in [-0.4, -0.2) is 34.0 Å². The Labute approximate surface area is 160 Å². The lowest BCUT2D eigenvalue weighted by Gasteiger charge is -2.11. The number of aliphatic hydroxyl groups excluding tert-OH is 1. The SMILES string of the molecule is C/C(=N\OCCO)c1ccc(N=N)c(NCc2cc3cccnc3cc2F)n1. The minimum atomic E-state index is -0.380. The average Bonchev–Trinajstić information content (AvgIpc) is 2.72. The Morgan fingerprint density at radius 2 is 2.18 bits per heavy atom. The van der Waals surface area contributed by atoms with E-state index in [0.717, 1.165) is 5.39 Å². The summed E-state index contributed by atoms with van der Waals surface area (Å²) in [5, 5.41) is 19.9. The Morgan fingerprint density at radius 3 is 2.96 bits per heavy atom. The van der Waals surface area contributed by atoms with Crippen molar-refractivity contribution in [3.63, 3.8) is 0 Å². The molecule has 0 atom stereocenters. The normalized spacial score (nSPS) is 11.5. The van der Waals surface area contributed by atoms with Crippen LogP contribution in [0.5, 0.6) is 0 Å². The molecule has 8 nitrogen and oxygen atoms in total. The third-order valence-electron chi connectivity index (χ3n) is 3.97. The maximum atomic E-state index is 14.4. The number of anilines is 1. The molecule has 0 aliphatic rings. The molecule has 0 spiro atoms. The standard InChI is InChI=1S/C19H19FN6O2/c1-12(26-28-8-7-27)16-4-5-17(25-21)19(24-16)23-11-14-9-13-3-2-6-22-18(13)10-15(14)20/h2-6,9-10,21,27H,7-8,11H2,1H3,(H,23,24)/b25-21?,26-12+. The van der Waals surface area contributed by atoms with E-state index in [-0.39, 0.29) is 25.6 Å². The molecule has 144 valence electrons. The van der Waals surface area contributed by atoms with E-state index in [1.54, 1.807) is 37.4 Å². The van der Waals surface area contributed by atoms with Gasteiger partial charge in [0.2, 0.25) is 0 Å². The molecule has 0 radical (unpaired) electrons. The number of halogens is 1. The highest BCUT2D eigenvalue weighted by Gasteiger charge is 2.10. The van der Waals surface area contributed by atoms with Gasteiger partial charge in [-0.05, 0) is 31.2 Å². The lowest BCUT2D eigenvalue weighted by Crippen LogP contribution is -2.07. The van der Waals surface area contributed by atoms with Gasteiger partial charge in [-0.25, -0.2) is 14.9 Å². The van der Waals surface area contributed by atoms with Crippen molar-refractivity contribution < 1.29 is 14.3 Å². The topological polar surface area (TPSA) is 116 Å². The summed E-state index contributed by atoms with van der Waals surface area (Å²) in [5.41, 5.74) is 9.66. The molecule has 0 unspecified atom stereocenters. The molecular formula is C19H19FN6O2. The molecule has 2 heterocycles. The molecule has 0 aliphatic heterocycles. The van der Waals surface area contributed by atoms with Gasteiger partial charge in [0.1, 0.15) is 23.8 Å². The first kappa shape index (κ1) is 19.3. The van der Waals surface area contributed by atoms with Crippen LogP contribution < -0.4 is 5.32 Å². The van der Waals surface area contributed by atoms with Crippen molar-refractivity contribution in [3.8, 4) is 0 Å². The number of hydrogen-bond acceptors (Lipinski definition) is 8. The number of oxime groups is 1. The molecule has 3 rings (SSSR count). The van der Waals surface area contributed by atoms with E-state index in [1.807, 2.05) is 6.07 Å². The minimum Gasteiger partial charge on any atom is -0.393 e. The summed E-state index contributed by atoms with van der Waals surface area (Å²) in [6.07, 6.45) is 1.62. The molecule has 0 saturated heterocycles. The molecule has 0 fully saturated rings. The third-order valence-corrected chi connectivity index (χ3v) is 3.97. The van der Waals surface area contributed by atoms with Gasteiger partial charge in [0, 0.05) is 29.8 Å². The predicted octanol–water partition coefficient (Wildman–Crippen LogP) is 3.78. The number of aliphatic hydroxyl groups is 1. The Kier molecular flexibility index (Phi) is 6.18. The fourth-order valence-corrected chi connectivity index (χ4v) is 2.56. The quantitative estimate of drug-likeness (QED) is 0.237. The van der Waals surface area contributed by atoms with Crippen LogP contribution >= 0.6 is 0 Å². The van der Waals surface area contributed by atoms with Crippen LogP contribution in [0.1, 0.15) is 18.2 Å². The largest absolute Gasteiger partial charge is 0.393 e. The van der Waals surface area contributed by atoms with Crippen molar-refractivity contribution in [1.82, 2.24) is 9.97 Å². The third kappa shape index (κ3) is 4.44. The van der Waals surface area contributed by atoms with Crippen molar-refractivity contribution in [2.75, 3.05) is 18.5 Å². The van der Waals surface area contributed by atoms with E-state index in [0.29, 0.717) is 34.0 Å². The van der Waals surface area contributed by atoms with E-state index in [9.17, 15) is 4.39 Å². The fraction of sp³-hybridized carbons (Fsp3) is 0.211. The Bertz CT molecular complexity index is 1020. The van der Waals surface area contributed by atoms with Gasteiger partial charge in [-0.3, -0.25) is 4.98 Å². The monoisotopic (exact) mass is 382 g/mol. The second-order valence-electron chi connectivity index (χ2n) is 5.90. The molecule has 0 aliphatic carbocycles. The summed E-state index contributed by atoms with van der Waals surface area (Å²) in [6, 6.07) is 10.0. The Balaban J connectivity index is 1.83. The minimum absolute atomic E-state index is 0.0820. The molecule has 9 heteroatoms. The van der Waals surface area contributed by atoms with Crippen LogP contribution in [-0.2, 0) is 11.4 Å². The molecule has 0 amide bonds. The van der Waals surface area contributed by atoms with Crippen LogP contribution in [0.15, 0.2) is 52.9 Å². The first-order valence-corrected chi connectivity index (χ1v) is 8.55. The van der Waals surface area contributed by atoms with E-state index < -0.39 is 0 Å². The van der Waals surface area contributed by atoms with Gasteiger partial charge in [-0.1, -0.05) is 11.2 Å². The maximum Gasteiger partial charge on any atom is 0.154 e. The van der Waals surface area contributed by atoms with Gasteiger partial charge in [0.05, 0.1) is 17.8 Å². The molecule has 0 saturated carbocycles. The number of fused-ring (bicyclic) bond motifs is 1. The van der Waals surface area contributed by atoms with Crippen molar-refractivity contribution in [3.05, 3.63) is 59.7 Å². The molecular weight excluding hydrogens is 363 g/mol. The zero-order valence-electron chi connectivity index (χ0n) is 15.2. The summed E-state index contributed by atoms with van der Waals surface area (Å²) < 4.78 is 14.4. The fourth-order valence-electron chi connectivity index (χ4n) is 2.56. The number of aromatic nitrogens is 2. The highest BCUT2D eigenvalue weighted by Crippen LogP contribution is 2.25. The smallest absolute Gasteiger partial charge is 0.154 e. The lowest BCUT2D eigenvalue weighted by molar-refractivity contribution is 0.0986. The van der Waals surface area contributed by atoms with E-state index in [1.165, 1.54) is 6.07 Å². The Morgan fingerprint density at radius 1 is 1.32 bits per heavy atom. The van der Waals surface area contributed by atoms with Crippen LogP contribution in [0, 0.1) is 11.3 Å². The summed E-state index contributed by atoms with van der Waals surface area (Å²) in [7, 11) is 0.